The van der Waals surface area contributed by atoms with E-state index in [0.29, 0.717) is 0 Å². The molecule has 0 spiro atoms. The predicted octanol–water partition coefficient (Wildman–Crippen LogP) is 0.899. The van der Waals surface area contributed by atoms with Gasteiger partial charge in [-0.15, -0.1) is 0 Å². The summed E-state index contributed by atoms with van der Waals surface area (Å²) in [7, 11) is 0. The van der Waals surface area contributed by atoms with Crippen molar-refractivity contribution in [1.82, 2.24) is 4.98 Å². The maximum Gasteiger partial charge on any atom is 0.0828 e. The number of nitrogens with one attached hydrogen (secondary N) is 1. The number of aryl methyl sites for hydroxylation is 1. The first-order valence-electron chi connectivity index (χ1n) is 7.56. The van der Waals surface area contributed by atoms with E-state index in [4.69, 9.17) is 0 Å². The van der Waals surface area contributed by atoms with E-state index in [1.165, 1.54) is 59.1 Å². The van der Waals surface area contributed by atoms with Gasteiger partial charge >= 0.3 is 0 Å². The molecule has 2 nitrogen and oxygen atoms in total. The minimum atomic E-state index is 0. The van der Waals surface area contributed by atoms with E-state index >= 15 is 0 Å². The molecule has 0 unspecified atom stereocenters. The normalized spacial score (nSPS) is 11.6. The lowest BCUT2D eigenvalue weighted by Crippen LogP contribution is -3.00. The van der Waals surface area contributed by atoms with Gasteiger partial charge in [0.15, 0.2) is 0 Å². The predicted molar refractivity (Wildman–Crippen MR) is 83.5 cm³/mol. The minimum Gasteiger partial charge on any atom is -1.00 e. The molecule has 0 aliphatic rings. The summed E-state index contributed by atoms with van der Waals surface area (Å²) in [5.41, 5.74) is 4.08. The Kier molecular flexibility index (Phi) is 6.52. The summed E-state index contributed by atoms with van der Waals surface area (Å²) >= 11 is 0. The van der Waals surface area contributed by atoms with E-state index in [1.807, 2.05) is 0 Å². The molecule has 1 heterocycles. The minimum absolute atomic E-state index is 0. The molecule has 0 saturated heterocycles. The number of aromatic nitrogens is 1. The molecule has 0 bridgehead atoms. The van der Waals surface area contributed by atoms with Crippen molar-refractivity contribution >= 4 is 10.9 Å². The van der Waals surface area contributed by atoms with Crippen molar-refractivity contribution in [2.24, 2.45) is 0 Å². The van der Waals surface area contributed by atoms with Crippen molar-refractivity contribution in [2.45, 2.75) is 34.1 Å². The number of H-pyrrole nitrogens is 1. The Labute approximate surface area is 140 Å². The highest BCUT2D eigenvalue weighted by Gasteiger charge is 2.20. The summed E-state index contributed by atoms with van der Waals surface area (Å²) in [5, 5.41) is 1.40. The molecule has 1 aromatic heterocycles. The van der Waals surface area contributed by atoms with Crippen LogP contribution in [0.1, 0.15) is 31.9 Å². The Morgan fingerprint density at radius 3 is 2.30 bits per heavy atom. The summed E-state index contributed by atoms with van der Waals surface area (Å²) in [6.07, 6.45) is 3.36. The van der Waals surface area contributed by atoms with E-state index in [2.05, 4.69) is 57.1 Å². The average molecular weight is 386 g/mol. The largest absolute Gasteiger partial charge is 1.00 e. The second kappa shape index (κ2) is 7.46. The van der Waals surface area contributed by atoms with Crippen LogP contribution in [0.4, 0.5) is 0 Å². The number of likely N-dealkylation sites (N-methyl/N-ethyl adjacent to an activating group) is 1. The van der Waals surface area contributed by atoms with Gasteiger partial charge in [0.25, 0.3) is 0 Å². The van der Waals surface area contributed by atoms with Crippen molar-refractivity contribution in [2.75, 3.05) is 26.2 Å². The highest BCUT2D eigenvalue weighted by molar-refractivity contribution is 5.83. The van der Waals surface area contributed by atoms with Gasteiger partial charge in [-0.2, -0.15) is 0 Å². The monoisotopic (exact) mass is 386 g/mol. The van der Waals surface area contributed by atoms with Gasteiger partial charge in [0.05, 0.1) is 26.2 Å². The molecule has 0 fully saturated rings. The van der Waals surface area contributed by atoms with Crippen LogP contribution in [0.25, 0.3) is 10.9 Å². The third-order valence-corrected chi connectivity index (χ3v) is 4.79. The zero-order chi connectivity index (χ0) is 13.9. The van der Waals surface area contributed by atoms with Crippen molar-refractivity contribution in [3.05, 3.63) is 35.5 Å². The average Bonchev–Trinajstić information content (AvgIpc) is 2.83. The maximum absolute atomic E-state index is 3.40. The molecule has 112 valence electrons. The second-order valence-electron chi connectivity index (χ2n) is 5.63. The Bertz CT molecular complexity index is 533. The van der Waals surface area contributed by atoms with Gasteiger partial charge in [-0.05, 0) is 45.4 Å². The van der Waals surface area contributed by atoms with Gasteiger partial charge < -0.3 is 33.4 Å². The topological polar surface area (TPSA) is 15.8 Å². The molecule has 2 aromatic rings. The van der Waals surface area contributed by atoms with Crippen molar-refractivity contribution in [3.63, 3.8) is 0 Å². The van der Waals surface area contributed by atoms with Crippen molar-refractivity contribution in [3.8, 4) is 0 Å². The number of hydrogen-bond donors (Lipinski definition) is 1. The van der Waals surface area contributed by atoms with Crippen LogP contribution in [-0.2, 0) is 6.42 Å². The highest BCUT2D eigenvalue weighted by Crippen LogP contribution is 2.21. The van der Waals surface area contributed by atoms with Gasteiger partial charge in [0.1, 0.15) is 0 Å². The molecular formula is C17H27IN2. The van der Waals surface area contributed by atoms with E-state index in [-0.39, 0.29) is 24.0 Å². The van der Waals surface area contributed by atoms with Crippen LogP contribution in [-0.4, -0.2) is 35.6 Å². The van der Waals surface area contributed by atoms with Crippen LogP contribution in [0.2, 0.25) is 0 Å². The van der Waals surface area contributed by atoms with Crippen LogP contribution >= 0.6 is 0 Å². The molecule has 0 atom stereocenters. The standard InChI is InChI=1S/C17H27N2.HI/c1-5-19(6-2,7-3)11-10-15-13-18-17-9-8-14(4)12-16(15)17;/h8-9,12-13,18H,5-7,10-11H2,1-4H3;1H/q+1;/p-1. The SMILES string of the molecule is CC[N+](CC)(CC)CCc1c[nH]c2ccc(C)cc12.[I-]. The quantitative estimate of drug-likeness (QED) is 0.561. The number of quaternary nitrogens is 1. The van der Waals surface area contributed by atoms with E-state index in [0.717, 1.165) is 0 Å². The van der Waals surface area contributed by atoms with Crippen LogP contribution in [0.3, 0.4) is 0 Å². The molecule has 20 heavy (non-hydrogen) atoms. The molecule has 1 N–H and O–H groups in total. The van der Waals surface area contributed by atoms with Crippen LogP contribution in [0.5, 0.6) is 0 Å². The lowest BCUT2D eigenvalue weighted by atomic mass is 10.1. The molecule has 0 aliphatic carbocycles. The van der Waals surface area contributed by atoms with Crippen LogP contribution in [0.15, 0.2) is 24.4 Å². The zero-order valence-corrected chi connectivity index (χ0v) is 15.3. The Morgan fingerprint density at radius 2 is 1.70 bits per heavy atom. The summed E-state index contributed by atoms with van der Waals surface area (Å²) < 4.78 is 1.22. The van der Waals surface area contributed by atoms with Crippen LogP contribution < -0.4 is 24.0 Å². The molecule has 0 amide bonds. The first-order valence-corrected chi connectivity index (χ1v) is 7.56. The molecular weight excluding hydrogens is 359 g/mol. The molecule has 0 radical (unpaired) electrons. The van der Waals surface area contributed by atoms with Crippen molar-refractivity contribution in [1.29, 1.82) is 0 Å². The lowest BCUT2D eigenvalue weighted by Gasteiger charge is -2.35. The number of aromatic amines is 1. The smallest absolute Gasteiger partial charge is 0.0828 e. The fraction of sp³-hybridized carbons (Fsp3) is 0.529. The van der Waals surface area contributed by atoms with Gasteiger partial charge in [0, 0.05) is 23.5 Å². The second-order valence-corrected chi connectivity index (χ2v) is 5.63. The van der Waals surface area contributed by atoms with Crippen molar-refractivity contribution < 1.29 is 28.5 Å². The Hall–Kier alpha value is -0.550. The van der Waals surface area contributed by atoms with Gasteiger partial charge in [0.2, 0.25) is 0 Å². The summed E-state index contributed by atoms with van der Waals surface area (Å²) in [6.45, 7) is 14.0. The lowest BCUT2D eigenvalue weighted by molar-refractivity contribution is -0.923. The number of fused-ring (bicyclic) bond motifs is 1. The molecule has 3 heteroatoms. The maximum atomic E-state index is 3.40. The van der Waals surface area contributed by atoms with E-state index in [9.17, 15) is 0 Å². The molecule has 0 saturated carbocycles. The Balaban J connectivity index is 0.00000200. The van der Waals surface area contributed by atoms with Crippen LogP contribution in [0, 0.1) is 6.92 Å². The zero-order valence-electron chi connectivity index (χ0n) is 13.2. The highest BCUT2D eigenvalue weighted by atomic mass is 127. The summed E-state index contributed by atoms with van der Waals surface area (Å²) in [5.74, 6) is 0. The Morgan fingerprint density at radius 1 is 1.05 bits per heavy atom. The first-order chi connectivity index (χ1) is 9.14. The van der Waals surface area contributed by atoms with E-state index < -0.39 is 0 Å². The fourth-order valence-corrected chi connectivity index (χ4v) is 3.00. The third kappa shape index (κ3) is 3.55. The molecule has 0 aliphatic heterocycles. The molecule has 2 rings (SSSR count). The number of nitrogens with zero attached hydrogens (tertiary/aromatic N) is 1. The summed E-state index contributed by atoms with van der Waals surface area (Å²) in [4.78, 5) is 3.40. The number of halogens is 1. The van der Waals surface area contributed by atoms with Gasteiger partial charge in [-0.3, -0.25) is 0 Å². The third-order valence-electron chi connectivity index (χ3n) is 4.79. The number of hydrogen-bond acceptors (Lipinski definition) is 0. The first kappa shape index (κ1) is 17.5. The fourth-order valence-electron chi connectivity index (χ4n) is 3.00. The van der Waals surface area contributed by atoms with Gasteiger partial charge in [-0.1, -0.05) is 11.6 Å². The number of rotatable bonds is 6. The molecule has 1 aromatic carbocycles. The summed E-state index contributed by atoms with van der Waals surface area (Å²) in [6, 6.07) is 6.67. The number of benzene rings is 1. The van der Waals surface area contributed by atoms with Gasteiger partial charge in [-0.25, -0.2) is 0 Å². The van der Waals surface area contributed by atoms with E-state index in [1.54, 1.807) is 0 Å².